The predicted octanol–water partition coefficient (Wildman–Crippen LogP) is 2.64. The Labute approximate surface area is 120 Å². The molecule has 0 spiro atoms. The lowest BCUT2D eigenvalue weighted by molar-refractivity contribution is 0.388. The van der Waals surface area contributed by atoms with Crippen LogP contribution in [0.5, 0.6) is 0 Å². The molecule has 1 aromatic carbocycles. The van der Waals surface area contributed by atoms with Gasteiger partial charge in [0.1, 0.15) is 0 Å². The smallest absolute Gasteiger partial charge is 0.297 e. The van der Waals surface area contributed by atoms with Gasteiger partial charge in [-0.15, -0.1) is 6.42 Å². The molecule has 0 saturated carbocycles. The molecule has 2 aliphatic heterocycles. The fourth-order valence-electron chi connectivity index (χ4n) is 3.25. The van der Waals surface area contributed by atoms with E-state index in [1.807, 2.05) is 42.0 Å². The maximum atomic E-state index is 13.7. The fraction of sp³-hybridized carbons (Fsp3) is 0.467. The van der Waals surface area contributed by atoms with Gasteiger partial charge in [0, 0.05) is 24.8 Å². The first-order valence-corrected chi connectivity index (χ1v) is 8.59. The van der Waals surface area contributed by atoms with Gasteiger partial charge in [0.15, 0.2) is 0 Å². The Bertz CT molecular complexity index is 568. The van der Waals surface area contributed by atoms with Crippen molar-refractivity contribution in [3.63, 3.8) is 0 Å². The first-order chi connectivity index (χ1) is 9.67. The van der Waals surface area contributed by atoms with Crippen LogP contribution >= 0.6 is 7.59 Å². The van der Waals surface area contributed by atoms with Crippen LogP contribution in [0.1, 0.15) is 12.8 Å². The number of hydrogen-bond acceptors (Lipinski definition) is 1. The standard InChI is InChI=1S/C15H20N3OP/c1-3-11-16(2)20(19)17-12-7-10-15(17)13-18(20)14-8-5-4-6-9-14/h1,4-6,8-9,15H,7,10-13H2,2H3/t15-,20+/m0/s1. The van der Waals surface area contributed by atoms with Gasteiger partial charge in [-0.05, 0) is 32.0 Å². The van der Waals surface area contributed by atoms with Crippen LogP contribution in [0.3, 0.4) is 0 Å². The average molecular weight is 289 g/mol. The van der Waals surface area contributed by atoms with Crippen molar-refractivity contribution < 1.29 is 4.57 Å². The van der Waals surface area contributed by atoms with E-state index in [1.165, 1.54) is 0 Å². The van der Waals surface area contributed by atoms with Crippen molar-refractivity contribution in [1.82, 2.24) is 9.34 Å². The monoisotopic (exact) mass is 289 g/mol. The summed E-state index contributed by atoms with van der Waals surface area (Å²) >= 11 is 0. The van der Waals surface area contributed by atoms with Crippen molar-refractivity contribution in [3.8, 4) is 12.3 Å². The molecular weight excluding hydrogens is 269 g/mol. The molecule has 20 heavy (non-hydrogen) atoms. The van der Waals surface area contributed by atoms with Gasteiger partial charge in [0.05, 0.1) is 6.54 Å². The van der Waals surface area contributed by atoms with Gasteiger partial charge in [-0.3, -0.25) is 9.24 Å². The molecule has 0 N–H and O–H groups in total. The van der Waals surface area contributed by atoms with Gasteiger partial charge < -0.3 is 0 Å². The minimum absolute atomic E-state index is 0.390. The lowest BCUT2D eigenvalue weighted by Crippen LogP contribution is -2.31. The van der Waals surface area contributed by atoms with E-state index in [1.54, 1.807) is 0 Å². The minimum Gasteiger partial charge on any atom is -0.297 e. The number of hydrogen-bond donors (Lipinski definition) is 0. The number of nitrogens with zero attached hydrogens (tertiary/aromatic N) is 3. The van der Waals surface area contributed by atoms with E-state index in [2.05, 4.69) is 15.3 Å². The molecule has 2 saturated heterocycles. The van der Waals surface area contributed by atoms with Crippen LogP contribution in [0.4, 0.5) is 5.69 Å². The largest absolute Gasteiger partial charge is 0.312 e. The lowest BCUT2D eigenvalue weighted by Gasteiger charge is -2.36. The number of benzene rings is 1. The highest BCUT2D eigenvalue weighted by molar-refractivity contribution is 7.61. The number of anilines is 1. The molecule has 4 nitrogen and oxygen atoms in total. The molecule has 1 aromatic rings. The van der Waals surface area contributed by atoms with E-state index >= 15 is 0 Å². The van der Waals surface area contributed by atoms with E-state index < -0.39 is 7.59 Å². The first-order valence-electron chi connectivity index (χ1n) is 7.03. The molecule has 2 aliphatic rings. The summed E-state index contributed by atoms with van der Waals surface area (Å²) in [5, 5.41) is 0. The highest BCUT2D eigenvalue weighted by atomic mass is 31.2. The van der Waals surface area contributed by atoms with Crippen molar-refractivity contribution in [1.29, 1.82) is 0 Å². The topological polar surface area (TPSA) is 26.8 Å². The molecule has 2 fully saturated rings. The van der Waals surface area contributed by atoms with Gasteiger partial charge in [0.2, 0.25) is 0 Å². The minimum atomic E-state index is -2.76. The summed E-state index contributed by atoms with van der Waals surface area (Å²) in [7, 11) is -0.884. The Morgan fingerprint density at radius 3 is 2.90 bits per heavy atom. The maximum Gasteiger partial charge on any atom is 0.312 e. The van der Waals surface area contributed by atoms with Gasteiger partial charge in [-0.2, -0.15) is 0 Å². The van der Waals surface area contributed by atoms with Crippen molar-refractivity contribution in [2.45, 2.75) is 18.9 Å². The molecule has 0 radical (unpaired) electrons. The van der Waals surface area contributed by atoms with E-state index in [4.69, 9.17) is 6.42 Å². The third kappa shape index (κ3) is 1.98. The third-order valence-electron chi connectivity index (χ3n) is 4.20. The molecule has 0 aliphatic carbocycles. The average Bonchev–Trinajstić information content (AvgIpc) is 3.03. The summed E-state index contributed by atoms with van der Waals surface area (Å²) in [6, 6.07) is 10.4. The van der Waals surface area contributed by atoms with E-state index in [9.17, 15) is 4.57 Å². The summed E-state index contributed by atoms with van der Waals surface area (Å²) in [5.74, 6) is 2.62. The molecule has 0 bridgehead atoms. The van der Waals surface area contributed by atoms with Crippen molar-refractivity contribution >= 4 is 13.3 Å². The van der Waals surface area contributed by atoms with Crippen LogP contribution < -0.4 is 4.67 Å². The quantitative estimate of drug-likeness (QED) is 0.631. The molecule has 2 heterocycles. The summed E-state index contributed by atoms with van der Waals surface area (Å²) in [5.41, 5.74) is 1.02. The molecule has 106 valence electrons. The Balaban J connectivity index is 2.01. The van der Waals surface area contributed by atoms with Gasteiger partial charge in [0.25, 0.3) is 0 Å². The number of para-hydroxylation sites is 1. The SMILES string of the molecule is C#CCN(C)[P@]1(=O)N(c2ccccc2)C[C@@H]2CCCN21. The zero-order chi connectivity index (χ0) is 14.2. The van der Waals surface area contributed by atoms with Crippen LogP contribution in [0, 0.1) is 12.3 Å². The molecule has 2 atom stereocenters. The molecular formula is C15H20N3OP. The normalized spacial score (nSPS) is 29.6. The Morgan fingerprint density at radius 1 is 1.45 bits per heavy atom. The van der Waals surface area contributed by atoms with Crippen LogP contribution in [-0.4, -0.2) is 42.1 Å². The van der Waals surface area contributed by atoms with E-state index in [-0.39, 0.29) is 0 Å². The first kappa shape index (κ1) is 13.7. The summed E-state index contributed by atoms with van der Waals surface area (Å²) in [4.78, 5) is 0. The Hall–Kier alpha value is -1.27. The molecule has 0 amide bonds. The van der Waals surface area contributed by atoms with Gasteiger partial charge in [-0.25, -0.2) is 9.34 Å². The van der Waals surface area contributed by atoms with E-state index in [0.717, 1.165) is 31.6 Å². The van der Waals surface area contributed by atoms with Gasteiger partial charge >= 0.3 is 7.59 Å². The molecule has 0 aromatic heterocycles. The molecule has 3 rings (SSSR count). The summed E-state index contributed by atoms with van der Waals surface area (Å²) < 4.78 is 19.8. The predicted molar refractivity (Wildman–Crippen MR) is 82.6 cm³/mol. The lowest BCUT2D eigenvalue weighted by atomic mass is 10.2. The Kier molecular flexibility index (Phi) is 3.60. The van der Waals surface area contributed by atoms with Crippen molar-refractivity contribution in [2.24, 2.45) is 0 Å². The third-order valence-corrected chi connectivity index (χ3v) is 7.45. The summed E-state index contributed by atoms with van der Waals surface area (Å²) in [6.07, 6.45) is 7.68. The molecule has 5 heteroatoms. The summed E-state index contributed by atoms with van der Waals surface area (Å²) in [6.45, 7) is 2.14. The fourth-order valence-corrected chi connectivity index (χ4v) is 6.41. The highest BCUT2D eigenvalue weighted by Crippen LogP contribution is 2.64. The van der Waals surface area contributed by atoms with Crippen LogP contribution in [-0.2, 0) is 4.57 Å². The Morgan fingerprint density at radius 2 is 2.20 bits per heavy atom. The van der Waals surface area contributed by atoms with E-state index in [0.29, 0.717) is 12.6 Å². The second-order valence-corrected chi connectivity index (χ2v) is 8.12. The van der Waals surface area contributed by atoms with Crippen molar-refractivity contribution in [2.75, 3.05) is 31.4 Å². The number of terminal acetylenes is 1. The maximum absolute atomic E-state index is 13.7. The van der Waals surface area contributed by atoms with Crippen LogP contribution in [0.25, 0.3) is 0 Å². The number of fused-ring (bicyclic) bond motifs is 1. The highest BCUT2D eigenvalue weighted by Gasteiger charge is 2.52. The van der Waals surface area contributed by atoms with Gasteiger partial charge in [-0.1, -0.05) is 24.1 Å². The zero-order valence-electron chi connectivity index (χ0n) is 11.8. The van der Waals surface area contributed by atoms with Crippen LogP contribution in [0.15, 0.2) is 30.3 Å². The van der Waals surface area contributed by atoms with Crippen molar-refractivity contribution in [3.05, 3.63) is 30.3 Å². The van der Waals surface area contributed by atoms with Crippen LogP contribution in [0.2, 0.25) is 0 Å². The molecule has 0 unspecified atom stereocenters. The number of rotatable bonds is 3. The second-order valence-electron chi connectivity index (χ2n) is 5.41. The zero-order valence-corrected chi connectivity index (χ0v) is 12.7. The second kappa shape index (κ2) is 5.26.